The third-order valence-electron chi connectivity index (χ3n) is 3.77. The van der Waals surface area contributed by atoms with Crippen LogP contribution in [0.5, 0.6) is 5.75 Å². The molecule has 23 heavy (non-hydrogen) atoms. The van der Waals surface area contributed by atoms with E-state index in [9.17, 15) is 9.90 Å². The summed E-state index contributed by atoms with van der Waals surface area (Å²) >= 11 is 0. The van der Waals surface area contributed by atoms with Gasteiger partial charge in [-0.15, -0.1) is 0 Å². The minimum Gasteiger partial charge on any atom is -0.508 e. The summed E-state index contributed by atoms with van der Waals surface area (Å²) in [6.07, 6.45) is 1.14. The molecule has 122 valence electrons. The topological polar surface area (TPSA) is 58.6 Å². The molecule has 2 aromatic rings. The summed E-state index contributed by atoms with van der Waals surface area (Å²) in [6, 6.07) is 16.4. The van der Waals surface area contributed by atoms with Crippen LogP contribution in [0.1, 0.15) is 43.0 Å². The lowest BCUT2D eigenvalue weighted by Gasteiger charge is -2.22. The van der Waals surface area contributed by atoms with E-state index >= 15 is 0 Å². The molecule has 0 aliphatic rings. The van der Waals surface area contributed by atoms with Crippen LogP contribution in [-0.2, 0) is 9.53 Å². The van der Waals surface area contributed by atoms with Crippen molar-refractivity contribution in [3.63, 3.8) is 0 Å². The van der Waals surface area contributed by atoms with Gasteiger partial charge in [-0.05, 0) is 29.7 Å². The van der Waals surface area contributed by atoms with Crippen LogP contribution in [-0.4, -0.2) is 18.1 Å². The fraction of sp³-hybridized carbons (Fsp3) is 0.316. The maximum absolute atomic E-state index is 12.6. The Kier molecular flexibility index (Phi) is 6.18. The van der Waals surface area contributed by atoms with Gasteiger partial charge in [0.15, 0.2) is 6.10 Å². The van der Waals surface area contributed by atoms with E-state index < -0.39 is 6.10 Å². The molecule has 2 atom stereocenters. The first-order valence-corrected chi connectivity index (χ1v) is 7.82. The molecular formula is C19H23NO3. The van der Waals surface area contributed by atoms with Gasteiger partial charge >= 0.3 is 0 Å². The molecule has 0 heterocycles. The summed E-state index contributed by atoms with van der Waals surface area (Å²) in [7, 11) is 1.51. The highest BCUT2D eigenvalue weighted by atomic mass is 16.5. The highest BCUT2D eigenvalue weighted by Gasteiger charge is 2.23. The molecule has 0 bridgehead atoms. The third-order valence-corrected chi connectivity index (χ3v) is 3.77. The Morgan fingerprint density at radius 3 is 2.30 bits per heavy atom. The molecule has 0 fully saturated rings. The number of phenols is 1. The highest BCUT2D eigenvalue weighted by Crippen LogP contribution is 2.23. The lowest BCUT2D eigenvalue weighted by molar-refractivity contribution is -0.132. The highest BCUT2D eigenvalue weighted by molar-refractivity contribution is 5.82. The van der Waals surface area contributed by atoms with Gasteiger partial charge in [0.1, 0.15) is 5.75 Å². The average molecular weight is 313 g/mol. The minimum atomic E-state index is -0.696. The maximum Gasteiger partial charge on any atom is 0.254 e. The van der Waals surface area contributed by atoms with Crippen molar-refractivity contribution < 1.29 is 14.6 Å². The number of benzene rings is 2. The molecule has 0 aromatic heterocycles. The molecule has 4 nitrogen and oxygen atoms in total. The molecule has 0 spiro atoms. The minimum absolute atomic E-state index is 0.0385. The lowest BCUT2D eigenvalue weighted by atomic mass is 10.0. The number of ether oxygens (including phenoxy) is 1. The Hall–Kier alpha value is -2.33. The van der Waals surface area contributed by atoms with Crippen LogP contribution >= 0.6 is 0 Å². The van der Waals surface area contributed by atoms with E-state index in [2.05, 4.69) is 12.2 Å². The second-order valence-corrected chi connectivity index (χ2v) is 5.47. The van der Waals surface area contributed by atoms with Crippen LogP contribution in [0.4, 0.5) is 0 Å². The van der Waals surface area contributed by atoms with Gasteiger partial charge in [0.2, 0.25) is 0 Å². The van der Waals surface area contributed by atoms with Crippen LogP contribution in [0.3, 0.4) is 0 Å². The van der Waals surface area contributed by atoms with Gasteiger partial charge in [-0.2, -0.15) is 0 Å². The zero-order chi connectivity index (χ0) is 16.7. The van der Waals surface area contributed by atoms with Crippen molar-refractivity contribution in [2.75, 3.05) is 7.11 Å². The van der Waals surface area contributed by atoms with Crippen molar-refractivity contribution in [1.29, 1.82) is 0 Å². The number of rotatable bonds is 7. The fourth-order valence-electron chi connectivity index (χ4n) is 2.59. The van der Waals surface area contributed by atoms with Crippen molar-refractivity contribution in [2.45, 2.75) is 31.9 Å². The Morgan fingerprint density at radius 2 is 1.74 bits per heavy atom. The SMILES string of the molecule is CCC[C@@H](NC(=O)[C@H](OC)c1ccc(O)cc1)c1ccccc1. The van der Waals surface area contributed by atoms with E-state index in [1.165, 1.54) is 7.11 Å². The number of carbonyl (C=O) groups is 1. The standard InChI is InChI=1S/C19H23NO3/c1-3-7-17(14-8-5-4-6-9-14)20-19(22)18(23-2)15-10-12-16(21)13-11-15/h4-6,8-13,17-18,21H,3,7H2,1-2H3,(H,20,22)/t17-,18-/m1/s1. The number of amides is 1. The van der Waals surface area contributed by atoms with E-state index in [1.54, 1.807) is 24.3 Å². The number of methoxy groups -OCH3 is 1. The Bertz CT molecular complexity index is 610. The molecule has 0 aliphatic carbocycles. The molecule has 4 heteroatoms. The van der Waals surface area contributed by atoms with Crippen LogP contribution < -0.4 is 5.32 Å². The number of hydrogen-bond donors (Lipinski definition) is 2. The van der Waals surface area contributed by atoms with Crippen LogP contribution in [0.15, 0.2) is 54.6 Å². The molecule has 2 aromatic carbocycles. The second kappa shape index (κ2) is 8.34. The normalized spacial score (nSPS) is 13.3. The zero-order valence-electron chi connectivity index (χ0n) is 13.5. The molecule has 2 N–H and O–H groups in total. The lowest BCUT2D eigenvalue weighted by Crippen LogP contribution is -2.33. The van der Waals surface area contributed by atoms with Gasteiger partial charge in [-0.1, -0.05) is 55.8 Å². The Balaban J connectivity index is 2.14. The average Bonchev–Trinajstić information content (AvgIpc) is 2.57. The van der Waals surface area contributed by atoms with E-state index in [-0.39, 0.29) is 17.7 Å². The van der Waals surface area contributed by atoms with Crippen molar-refractivity contribution >= 4 is 5.91 Å². The number of phenolic OH excluding ortho intramolecular Hbond substituents is 1. The molecule has 0 saturated carbocycles. The van der Waals surface area contributed by atoms with Crippen LogP contribution in [0.25, 0.3) is 0 Å². The molecule has 1 amide bonds. The van der Waals surface area contributed by atoms with Gasteiger partial charge in [0.25, 0.3) is 5.91 Å². The molecule has 0 radical (unpaired) electrons. The van der Waals surface area contributed by atoms with Gasteiger partial charge < -0.3 is 15.2 Å². The van der Waals surface area contributed by atoms with Crippen molar-refractivity contribution in [2.24, 2.45) is 0 Å². The van der Waals surface area contributed by atoms with Crippen LogP contribution in [0.2, 0.25) is 0 Å². The maximum atomic E-state index is 12.6. The Labute approximate surface area is 137 Å². The van der Waals surface area contributed by atoms with E-state index in [1.807, 2.05) is 30.3 Å². The Morgan fingerprint density at radius 1 is 1.09 bits per heavy atom. The number of nitrogens with one attached hydrogen (secondary N) is 1. The molecule has 0 unspecified atom stereocenters. The summed E-state index contributed by atoms with van der Waals surface area (Å²) in [4.78, 5) is 12.6. The first-order chi connectivity index (χ1) is 11.2. The van der Waals surface area contributed by atoms with Crippen molar-refractivity contribution in [3.8, 4) is 5.75 Å². The number of hydrogen-bond acceptors (Lipinski definition) is 3. The zero-order valence-corrected chi connectivity index (χ0v) is 13.5. The van der Waals surface area contributed by atoms with Gasteiger partial charge in [-0.3, -0.25) is 4.79 Å². The monoisotopic (exact) mass is 313 g/mol. The first-order valence-electron chi connectivity index (χ1n) is 7.82. The van der Waals surface area contributed by atoms with E-state index in [0.717, 1.165) is 18.4 Å². The van der Waals surface area contributed by atoms with Gasteiger partial charge in [0, 0.05) is 7.11 Å². The first kappa shape index (κ1) is 17.0. The summed E-state index contributed by atoms with van der Waals surface area (Å²) in [5.41, 5.74) is 1.80. The third kappa shape index (κ3) is 4.57. The van der Waals surface area contributed by atoms with Crippen molar-refractivity contribution in [3.05, 3.63) is 65.7 Å². The summed E-state index contributed by atoms with van der Waals surface area (Å²) < 4.78 is 5.36. The quantitative estimate of drug-likeness (QED) is 0.818. The van der Waals surface area contributed by atoms with E-state index in [0.29, 0.717) is 5.56 Å². The number of carbonyl (C=O) groups excluding carboxylic acids is 1. The predicted molar refractivity (Wildman–Crippen MR) is 90.1 cm³/mol. The predicted octanol–water partition coefficient (Wildman–Crippen LogP) is 3.74. The molecular weight excluding hydrogens is 290 g/mol. The van der Waals surface area contributed by atoms with Crippen LogP contribution in [0, 0.1) is 0 Å². The second-order valence-electron chi connectivity index (χ2n) is 5.47. The van der Waals surface area contributed by atoms with Gasteiger partial charge in [0.05, 0.1) is 6.04 Å². The molecule has 0 aliphatic heterocycles. The molecule has 0 saturated heterocycles. The summed E-state index contributed by atoms with van der Waals surface area (Å²) in [5, 5.41) is 12.4. The smallest absolute Gasteiger partial charge is 0.254 e. The summed E-state index contributed by atoms with van der Waals surface area (Å²) in [5.74, 6) is -0.0161. The van der Waals surface area contributed by atoms with E-state index in [4.69, 9.17) is 4.74 Å². The van der Waals surface area contributed by atoms with Gasteiger partial charge in [-0.25, -0.2) is 0 Å². The fourth-order valence-corrected chi connectivity index (χ4v) is 2.59. The summed E-state index contributed by atoms with van der Waals surface area (Å²) in [6.45, 7) is 2.09. The molecule has 2 rings (SSSR count). The number of aromatic hydroxyl groups is 1. The largest absolute Gasteiger partial charge is 0.508 e. The van der Waals surface area contributed by atoms with Crippen molar-refractivity contribution in [1.82, 2.24) is 5.32 Å².